The average Bonchev–Trinajstić information content (AvgIpc) is 2.38. The summed E-state index contributed by atoms with van der Waals surface area (Å²) in [4.78, 5) is 27.9. The van der Waals surface area contributed by atoms with Crippen LogP contribution in [0.15, 0.2) is 23.4 Å². The SMILES string of the molecule is CCON=Cc1cccc(OC(C)=O)c1C(=O)OCC. The van der Waals surface area contributed by atoms with Gasteiger partial charge in [-0.25, -0.2) is 4.79 Å². The van der Waals surface area contributed by atoms with Crippen molar-refractivity contribution in [3.8, 4) is 5.75 Å². The highest BCUT2D eigenvalue weighted by Crippen LogP contribution is 2.23. The van der Waals surface area contributed by atoms with E-state index in [1.807, 2.05) is 0 Å². The average molecular weight is 279 g/mol. The van der Waals surface area contributed by atoms with Crippen LogP contribution in [0.1, 0.15) is 36.7 Å². The molecule has 0 bridgehead atoms. The molecule has 1 aromatic rings. The van der Waals surface area contributed by atoms with Gasteiger partial charge in [0.2, 0.25) is 0 Å². The molecule has 0 radical (unpaired) electrons. The molecular formula is C14H17NO5. The Balaban J connectivity index is 3.20. The first-order valence-corrected chi connectivity index (χ1v) is 6.24. The van der Waals surface area contributed by atoms with Crippen LogP contribution in [0, 0.1) is 0 Å². The molecule has 0 amide bonds. The zero-order valence-electron chi connectivity index (χ0n) is 11.7. The van der Waals surface area contributed by atoms with Crippen molar-refractivity contribution in [1.29, 1.82) is 0 Å². The zero-order chi connectivity index (χ0) is 15.0. The van der Waals surface area contributed by atoms with Gasteiger partial charge in [-0.3, -0.25) is 4.79 Å². The van der Waals surface area contributed by atoms with E-state index >= 15 is 0 Å². The van der Waals surface area contributed by atoms with Gasteiger partial charge in [-0.15, -0.1) is 0 Å². The summed E-state index contributed by atoms with van der Waals surface area (Å²) in [6.45, 7) is 5.37. The maximum atomic E-state index is 12.0. The number of rotatable bonds is 6. The quantitative estimate of drug-likeness (QED) is 0.345. The van der Waals surface area contributed by atoms with E-state index in [-0.39, 0.29) is 17.9 Å². The van der Waals surface area contributed by atoms with Crippen LogP contribution in [-0.4, -0.2) is 31.4 Å². The molecule has 6 nitrogen and oxygen atoms in total. The molecule has 0 fully saturated rings. The summed E-state index contributed by atoms with van der Waals surface area (Å²) in [6, 6.07) is 4.82. The van der Waals surface area contributed by atoms with Crippen LogP contribution in [0.5, 0.6) is 5.75 Å². The lowest BCUT2D eigenvalue weighted by Crippen LogP contribution is -2.13. The van der Waals surface area contributed by atoms with E-state index in [1.54, 1.807) is 26.0 Å². The molecule has 0 aliphatic rings. The summed E-state index contributed by atoms with van der Waals surface area (Å²) in [5, 5.41) is 3.71. The predicted molar refractivity (Wildman–Crippen MR) is 72.9 cm³/mol. The van der Waals surface area contributed by atoms with Crippen molar-refractivity contribution in [1.82, 2.24) is 0 Å². The minimum absolute atomic E-state index is 0.136. The van der Waals surface area contributed by atoms with Crippen molar-refractivity contribution >= 4 is 18.2 Å². The van der Waals surface area contributed by atoms with Crippen molar-refractivity contribution in [3.05, 3.63) is 29.3 Å². The molecule has 0 unspecified atom stereocenters. The third-order valence-corrected chi connectivity index (χ3v) is 2.19. The van der Waals surface area contributed by atoms with Gasteiger partial charge in [0.05, 0.1) is 12.8 Å². The normalized spacial score (nSPS) is 10.3. The van der Waals surface area contributed by atoms with Crippen LogP contribution >= 0.6 is 0 Å². The maximum absolute atomic E-state index is 12.0. The van der Waals surface area contributed by atoms with Gasteiger partial charge < -0.3 is 14.3 Å². The number of nitrogens with zero attached hydrogens (tertiary/aromatic N) is 1. The van der Waals surface area contributed by atoms with Crippen LogP contribution in [0.25, 0.3) is 0 Å². The Labute approximate surface area is 117 Å². The smallest absolute Gasteiger partial charge is 0.342 e. The van der Waals surface area contributed by atoms with Crippen molar-refractivity contribution in [2.24, 2.45) is 5.16 Å². The molecule has 0 heterocycles. The number of carbonyl (C=O) groups excluding carboxylic acids is 2. The molecule has 1 aromatic carbocycles. The molecule has 0 N–H and O–H groups in total. The summed E-state index contributed by atoms with van der Waals surface area (Å²) in [6.07, 6.45) is 1.38. The number of esters is 2. The van der Waals surface area contributed by atoms with Gasteiger partial charge in [0.1, 0.15) is 17.9 Å². The lowest BCUT2D eigenvalue weighted by Gasteiger charge is -2.10. The summed E-state index contributed by atoms with van der Waals surface area (Å²) < 4.78 is 9.98. The molecule has 20 heavy (non-hydrogen) atoms. The second-order valence-corrected chi connectivity index (χ2v) is 3.69. The number of hydrogen-bond donors (Lipinski definition) is 0. The van der Waals surface area contributed by atoms with Crippen LogP contribution < -0.4 is 4.74 Å². The van der Waals surface area contributed by atoms with Gasteiger partial charge >= 0.3 is 11.9 Å². The second kappa shape index (κ2) is 7.93. The highest BCUT2D eigenvalue weighted by molar-refractivity contribution is 6.02. The molecular weight excluding hydrogens is 262 g/mol. The van der Waals surface area contributed by atoms with E-state index in [9.17, 15) is 9.59 Å². The summed E-state index contributed by atoms with van der Waals surface area (Å²) in [5.41, 5.74) is 0.601. The first kappa shape index (κ1) is 15.7. The molecule has 0 atom stereocenters. The van der Waals surface area contributed by atoms with E-state index in [1.165, 1.54) is 19.2 Å². The molecule has 0 spiro atoms. The van der Waals surface area contributed by atoms with Crippen LogP contribution in [0.4, 0.5) is 0 Å². The Morgan fingerprint density at radius 1 is 1.25 bits per heavy atom. The van der Waals surface area contributed by atoms with Crippen LogP contribution in [-0.2, 0) is 14.4 Å². The Hall–Kier alpha value is -2.37. The molecule has 6 heteroatoms. The fraction of sp³-hybridized carbons (Fsp3) is 0.357. The number of oxime groups is 1. The lowest BCUT2D eigenvalue weighted by molar-refractivity contribution is -0.131. The molecule has 108 valence electrons. The van der Waals surface area contributed by atoms with Crippen molar-refractivity contribution in [2.45, 2.75) is 20.8 Å². The van der Waals surface area contributed by atoms with Crippen molar-refractivity contribution in [2.75, 3.05) is 13.2 Å². The third-order valence-electron chi connectivity index (χ3n) is 2.19. The van der Waals surface area contributed by atoms with E-state index in [0.29, 0.717) is 12.2 Å². The van der Waals surface area contributed by atoms with E-state index < -0.39 is 11.9 Å². The fourth-order valence-corrected chi connectivity index (χ4v) is 1.49. The van der Waals surface area contributed by atoms with Gasteiger partial charge in [0.15, 0.2) is 0 Å². The van der Waals surface area contributed by atoms with Crippen molar-refractivity contribution in [3.63, 3.8) is 0 Å². The highest BCUT2D eigenvalue weighted by Gasteiger charge is 2.19. The first-order valence-electron chi connectivity index (χ1n) is 6.24. The molecule has 0 aromatic heterocycles. The van der Waals surface area contributed by atoms with E-state index in [4.69, 9.17) is 14.3 Å². The topological polar surface area (TPSA) is 74.2 Å². The number of carbonyl (C=O) groups is 2. The van der Waals surface area contributed by atoms with Crippen molar-refractivity contribution < 1.29 is 23.9 Å². The van der Waals surface area contributed by atoms with Crippen LogP contribution in [0.3, 0.4) is 0 Å². The maximum Gasteiger partial charge on any atom is 0.342 e. The first-order chi connectivity index (χ1) is 9.60. The molecule has 0 saturated heterocycles. The molecule has 0 saturated carbocycles. The van der Waals surface area contributed by atoms with Crippen LogP contribution in [0.2, 0.25) is 0 Å². The van der Waals surface area contributed by atoms with Gasteiger partial charge in [-0.2, -0.15) is 0 Å². The van der Waals surface area contributed by atoms with E-state index in [2.05, 4.69) is 5.16 Å². The Bertz CT molecular complexity index is 510. The van der Waals surface area contributed by atoms with Gasteiger partial charge in [0, 0.05) is 12.5 Å². The summed E-state index contributed by atoms with van der Waals surface area (Å²) >= 11 is 0. The Kier molecular flexibility index (Phi) is 6.22. The summed E-state index contributed by atoms with van der Waals surface area (Å²) in [5.74, 6) is -0.965. The number of ether oxygens (including phenoxy) is 2. The second-order valence-electron chi connectivity index (χ2n) is 3.69. The monoisotopic (exact) mass is 279 g/mol. The van der Waals surface area contributed by atoms with Gasteiger partial charge in [-0.05, 0) is 19.9 Å². The number of benzene rings is 1. The standard InChI is InChI=1S/C14H17NO5/c1-4-18-14(17)13-11(9-15-19-5-2)7-6-8-12(13)20-10(3)16/h6-9H,4-5H2,1-3H3. The Morgan fingerprint density at radius 2 is 2.00 bits per heavy atom. The number of hydrogen-bond acceptors (Lipinski definition) is 6. The zero-order valence-corrected chi connectivity index (χ0v) is 11.7. The molecule has 0 aliphatic heterocycles. The van der Waals surface area contributed by atoms with E-state index in [0.717, 1.165) is 0 Å². The highest BCUT2D eigenvalue weighted by atomic mass is 16.6. The van der Waals surface area contributed by atoms with Gasteiger partial charge in [-0.1, -0.05) is 17.3 Å². The summed E-state index contributed by atoms with van der Waals surface area (Å²) in [7, 11) is 0. The fourth-order valence-electron chi connectivity index (χ4n) is 1.49. The Morgan fingerprint density at radius 3 is 2.60 bits per heavy atom. The minimum Gasteiger partial charge on any atom is -0.462 e. The lowest BCUT2D eigenvalue weighted by atomic mass is 10.1. The largest absolute Gasteiger partial charge is 0.462 e. The minimum atomic E-state index is -0.581. The van der Waals surface area contributed by atoms with Gasteiger partial charge in [0.25, 0.3) is 0 Å². The molecule has 0 aliphatic carbocycles. The third kappa shape index (κ3) is 4.38. The predicted octanol–water partition coefficient (Wildman–Crippen LogP) is 2.16. The molecule has 1 rings (SSSR count).